The molecule has 0 saturated carbocycles. The Morgan fingerprint density at radius 2 is 2.04 bits per heavy atom. The van der Waals surface area contributed by atoms with E-state index in [2.05, 4.69) is 36.2 Å². The van der Waals surface area contributed by atoms with Crippen LogP contribution in [0.25, 0.3) is 0 Å². The van der Waals surface area contributed by atoms with Crippen LogP contribution in [-0.4, -0.2) is 45.3 Å². The molecule has 1 aliphatic rings. The van der Waals surface area contributed by atoms with E-state index in [4.69, 9.17) is 0 Å². The van der Waals surface area contributed by atoms with Gasteiger partial charge in [-0.3, -0.25) is 9.89 Å². The third kappa shape index (κ3) is 3.67. The van der Waals surface area contributed by atoms with Crippen LogP contribution in [0.1, 0.15) is 28.1 Å². The summed E-state index contributed by atoms with van der Waals surface area (Å²) in [7, 11) is 0. The van der Waals surface area contributed by atoms with E-state index in [1.807, 2.05) is 19.1 Å². The Labute approximate surface area is 142 Å². The van der Waals surface area contributed by atoms with Crippen LogP contribution in [0.4, 0.5) is 0 Å². The molecule has 0 aliphatic carbocycles. The summed E-state index contributed by atoms with van der Waals surface area (Å²) in [5.74, 6) is 0.134. The highest BCUT2D eigenvalue weighted by atomic mass is 16.3. The molecule has 2 atom stereocenters. The lowest BCUT2D eigenvalue weighted by atomic mass is 10.00. The molecule has 0 spiro atoms. The van der Waals surface area contributed by atoms with Crippen LogP contribution >= 0.6 is 0 Å². The largest absolute Gasteiger partial charge is 0.391 e. The number of amides is 1. The Balaban J connectivity index is 1.60. The van der Waals surface area contributed by atoms with E-state index in [1.165, 1.54) is 11.1 Å². The number of aliphatic hydroxyl groups is 1. The van der Waals surface area contributed by atoms with E-state index in [0.29, 0.717) is 25.9 Å². The molecule has 1 saturated heterocycles. The SMILES string of the molecule is Cc1cc(C[C@@H]2CN(C(=O)Cc3ccc(C)c(C)c3)C[C@H]2O)n[nH]1. The van der Waals surface area contributed by atoms with Gasteiger partial charge in [0.25, 0.3) is 0 Å². The molecule has 3 rings (SSSR count). The number of likely N-dealkylation sites (tertiary alicyclic amines) is 1. The molecule has 2 heterocycles. The highest BCUT2D eigenvalue weighted by Crippen LogP contribution is 2.22. The number of aromatic nitrogens is 2. The van der Waals surface area contributed by atoms with Crippen molar-refractivity contribution in [1.29, 1.82) is 0 Å². The van der Waals surface area contributed by atoms with Crippen molar-refractivity contribution >= 4 is 5.91 Å². The molecule has 0 bridgehead atoms. The van der Waals surface area contributed by atoms with Gasteiger partial charge in [-0.1, -0.05) is 18.2 Å². The van der Waals surface area contributed by atoms with Crippen molar-refractivity contribution in [2.45, 2.75) is 39.7 Å². The number of hydrogen-bond acceptors (Lipinski definition) is 3. The van der Waals surface area contributed by atoms with Gasteiger partial charge in [0, 0.05) is 24.7 Å². The Hall–Kier alpha value is -2.14. The molecule has 0 unspecified atom stereocenters. The molecule has 2 N–H and O–H groups in total. The van der Waals surface area contributed by atoms with Crippen molar-refractivity contribution in [2.24, 2.45) is 5.92 Å². The second kappa shape index (κ2) is 6.77. The summed E-state index contributed by atoms with van der Waals surface area (Å²) in [6.45, 7) is 7.10. The van der Waals surface area contributed by atoms with Gasteiger partial charge in [0.2, 0.25) is 5.91 Å². The lowest BCUT2D eigenvalue weighted by Crippen LogP contribution is -2.31. The summed E-state index contributed by atoms with van der Waals surface area (Å²) in [6.07, 6.45) is 0.604. The highest BCUT2D eigenvalue weighted by molar-refractivity contribution is 5.79. The highest BCUT2D eigenvalue weighted by Gasteiger charge is 2.34. The van der Waals surface area contributed by atoms with Crippen LogP contribution in [0.5, 0.6) is 0 Å². The minimum Gasteiger partial charge on any atom is -0.391 e. The van der Waals surface area contributed by atoms with Crippen molar-refractivity contribution in [3.8, 4) is 0 Å². The number of H-pyrrole nitrogens is 1. The Morgan fingerprint density at radius 1 is 1.25 bits per heavy atom. The van der Waals surface area contributed by atoms with Crippen LogP contribution < -0.4 is 0 Å². The third-order valence-corrected chi connectivity index (χ3v) is 4.92. The average molecular weight is 327 g/mol. The van der Waals surface area contributed by atoms with Gasteiger partial charge in [-0.15, -0.1) is 0 Å². The molecule has 24 heavy (non-hydrogen) atoms. The molecule has 1 aromatic heterocycles. The standard InChI is InChI=1S/C19H25N3O2/c1-12-4-5-15(6-13(12)2)8-19(24)22-10-16(18(23)11-22)9-17-7-14(3)20-21-17/h4-7,16,18,23H,8-11H2,1-3H3,(H,20,21)/t16-,18-/m1/s1. The average Bonchev–Trinajstić information content (AvgIpc) is 3.10. The maximum atomic E-state index is 12.6. The predicted molar refractivity (Wildman–Crippen MR) is 92.7 cm³/mol. The molecular weight excluding hydrogens is 302 g/mol. The minimum atomic E-state index is -0.481. The first-order chi connectivity index (χ1) is 11.4. The Kier molecular flexibility index (Phi) is 4.71. The molecule has 0 radical (unpaired) electrons. The predicted octanol–water partition coefficient (Wildman–Crippen LogP) is 1.94. The number of carbonyl (C=O) groups excluding carboxylic acids is 1. The molecule has 2 aromatic rings. The van der Waals surface area contributed by atoms with Crippen molar-refractivity contribution in [1.82, 2.24) is 15.1 Å². The zero-order chi connectivity index (χ0) is 17.3. The van der Waals surface area contributed by atoms with Crippen LogP contribution in [0, 0.1) is 26.7 Å². The summed E-state index contributed by atoms with van der Waals surface area (Å²) in [6, 6.07) is 8.13. The summed E-state index contributed by atoms with van der Waals surface area (Å²) in [4.78, 5) is 14.3. The van der Waals surface area contributed by atoms with E-state index >= 15 is 0 Å². The summed E-state index contributed by atoms with van der Waals surface area (Å²) < 4.78 is 0. The first-order valence-corrected chi connectivity index (χ1v) is 8.45. The maximum Gasteiger partial charge on any atom is 0.227 e. The maximum absolute atomic E-state index is 12.6. The number of carbonyl (C=O) groups is 1. The molecular formula is C19H25N3O2. The van der Waals surface area contributed by atoms with Crippen molar-refractivity contribution in [3.63, 3.8) is 0 Å². The van der Waals surface area contributed by atoms with Crippen LogP contribution in [0.3, 0.4) is 0 Å². The lowest BCUT2D eigenvalue weighted by molar-refractivity contribution is -0.129. The van der Waals surface area contributed by atoms with Crippen molar-refractivity contribution < 1.29 is 9.90 Å². The van der Waals surface area contributed by atoms with Gasteiger partial charge >= 0.3 is 0 Å². The summed E-state index contributed by atoms with van der Waals surface area (Å²) >= 11 is 0. The fraction of sp³-hybridized carbons (Fsp3) is 0.474. The minimum absolute atomic E-state index is 0.0522. The number of hydrogen-bond donors (Lipinski definition) is 2. The number of aromatic amines is 1. The molecule has 1 aromatic carbocycles. The zero-order valence-corrected chi connectivity index (χ0v) is 14.5. The first kappa shape index (κ1) is 16.7. The van der Waals surface area contributed by atoms with E-state index in [9.17, 15) is 9.90 Å². The van der Waals surface area contributed by atoms with Crippen LogP contribution in [-0.2, 0) is 17.6 Å². The molecule has 5 nitrogen and oxygen atoms in total. The number of β-amino-alcohol motifs (C(OH)–C–C–N with tert-alkyl or cyclic N) is 1. The van der Waals surface area contributed by atoms with Gasteiger partial charge in [0.1, 0.15) is 0 Å². The van der Waals surface area contributed by atoms with E-state index in [-0.39, 0.29) is 11.8 Å². The second-order valence-corrected chi connectivity index (χ2v) is 6.97. The summed E-state index contributed by atoms with van der Waals surface area (Å²) in [5.41, 5.74) is 5.43. The van der Waals surface area contributed by atoms with Crippen molar-refractivity contribution in [2.75, 3.05) is 13.1 Å². The molecule has 1 amide bonds. The Bertz CT molecular complexity index is 738. The molecule has 1 fully saturated rings. The second-order valence-electron chi connectivity index (χ2n) is 6.97. The molecule has 5 heteroatoms. The smallest absolute Gasteiger partial charge is 0.227 e. The van der Waals surface area contributed by atoms with Gasteiger partial charge in [-0.25, -0.2) is 0 Å². The Morgan fingerprint density at radius 3 is 2.71 bits per heavy atom. The number of rotatable bonds is 4. The van der Waals surface area contributed by atoms with Crippen LogP contribution in [0.15, 0.2) is 24.3 Å². The van der Waals surface area contributed by atoms with Gasteiger partial charge < -0.3 is 10.0 Å². The normalized spacial score (nSPS) is 20.6. The van der Waals surface area contributed by atoms with E-state index in [1.54, 1.807) is 4.90 Å². The van der Waals surface area contributed by atoms with Gasteiger partial charge in [0.05, 0.1) is 18.2 Å². The van der Waals surface area contributed by atoms with Gasteiger partial charge in [0.15, 0.2) is 0 Å². The van der Waals surface area contributed by atoms with Gasteiger partial charge in [-0.05, 0) is 49.9 Å². The number of aryl methyl sites for hydroxylation is 3. The molecule has 128 valence electrons. The lowest BCUT2D eigenvalue weighted by Gasteiger charge is -2.16. The fourth-order valence-electron chi connectivity index (χ4n) is 3.31. The third-order valence-electron chi connectivity index (χ3n) is 4.92. The van der Waals surface area contributed by atoms with E-state index < -0.39 is 6.10 Å². The topological polar surface area (TPSA) is 69.2 Å². The van der Waals surface area contributed by atoms with Crippen LogP contribution in [0.2, 0.25) is 0 Å². The monoisotopic (exact) mass is 327 g/mol. The number of benzene rings is 1. The summed E-state index contributed by atoms with van der Waals surface area (Å²) in [5, 5.41) is 17.4. The van der Waals surface area contributed by atoms with Crippen molar-refractivity contribution in [3.05, 3.63) is 52.3 Å². The van der Waals surface area contributed by atoms with Gasteiger partial charge in [-0.2, -0.15) is 5.10 Å². The fourth-order valence-corrected chi connectivity index (χ4v) is 3.31. The molecule has 1 aliphatic heterocycles. The first-order valence-electron chi connectivity index (χ1n) is 8.45. The number of aliphatic hydroxyl groups excluding tert-OH is 1. The van der Waals surface area contributed by atoms with E-state index in [0.717, 1.165) is 17.0 Å². The number of nitrogens with one attached hydrogen (secondary N) is 1. The number of nitrogens with zero attached hydrogens (tertiary/aromatic N) is 2. The zero-order valence-electron chi connectivity index (χ0n) is 14.5. The quantitative estimate of drug-likeness (QED) is 0.902.